The maximum absolute atomic E-state index is 13.1. The van der Waals surface area contributed by atoms with Gasteiger partial charge in [0.05, 0.1) is 22.6 Å². The third-order valence-electron chi connectivity index (χ3n) is 6.58. The quantitative estimate of drug-likeness (QED) is 0.290. The molecule has 1 unspecified atom stereocenters. The van der Waals surface area contributed by atoms with Crippen molar-refractivity contribution in [1.82, 2.24) is 15.1 Å². The van der Waals surface area contributed by atoms with Gasteiger partial charge in [0.1, 0.15) is 0 Å². The van der Waals surface area contributed by atoms with Crippen LogP contribution < -0.4 is 5.32 Å². The zero-order chi connectivity index (χ0) is 28.1. The fraction of sp³-hybridized carbons (Fsp3) is 0.393. The van der Waals surface area contributed by atoms with Crippen molar-refractivity contribution in [2.45, 2.75) is 53.2 Å². The summed E-state index contributed by atoms with van der Waals surface area (Å²) < 4.78 is 5.46. The summed E-state index contributed by atoms with van der Waals surface area (Å²) in [6.07, 6.45) is 0.0155. The van der Waals surface area contributed by atoms with E-state index < -0.39 is 29.1 Å². The van der Waals surface area contributed by atoms with Crippen LogP contribution in [0.1, 0.15) is 60.3 Å². The van der Waals surface area contributed by atoms with E-state index >= 15 is 0 Å². The summed E-state index contributed by atoms with van der Waals surface area (Å²) in [5, 5.41) is 14.2. The minimum Gasteiger partial charge on any atom is -0.459 e. The number of nitro groups is 1. The Balaban J connectivity index is 1.88. The number of nitrogens with zero attached hydrogens (tertiary/aromatic N) is 3. The SMILES string of the molecule is CC1=C(C(=O)OC(C)C)C(c2cccc([N+](=O)[O-])c2)N(CCCN(C)C(=O)c2cccc(C)c2C)C(=O)N1. The van der Waals surface area contributed by atoms with E-state index in [1.807, 2.05) is 26.0 Å². The van der Waals surface area contributed by atoms with Crippen molar-refractivity contribution in [3.05, 3.63) is 86.1 Å². The fourth-order valence-corrected chi connectivity index (χ4v) is 4.47. The zero-order valence-electron chi connectivity index (χ0n) is 22.6. The smallest absolute Gasteiger partial charge is 0.338 e. The number of nitro benzene ring substituents is 1. The second kappa shape index (κ2) is 11.9. The predicted molar refractivity (Wildman–Crippen MR) is 142 cm³/mol. The average Bonchev–Trinajstić information content (AvgIpc) is 2.85. The molecule has 3 rings (SSSR count). The molecule has 1 aliphatic rings. The standard InChI is InChI=1S/C28H34N4O6/c1-17(2)38-27(34)24-20(5)29-28(35)31(25(24)21-11-8-12-22(16-21)32(36)37)15-9-14-30(6)26(33)23-13-7-10-18(3)19(23)4/h7-8,10-13,16-17,25H,9,14-15H2,1-6H3,(H,29,35). The Kier molecular flexibility index (Phi) is 8.88. The third kappa shape index (κ3) is 6.19. The van der Waals surface area contributed by atoms with Gasteiger partial charge in [0.15, 0.2) is 0 Å². The lowest BCUT2D eigenvalue weighted by molar-refractivity contribution is -0.384. The first kappa shape index (κ1) is 28.4. The predicted octanol–water partition coefficient (Wildman–Crippen LogP) is 4.67. The van der Waals surface area contributed by atoms with Crippen molar-refractivity contribution >= 4 is 23.6 Å². The normalized spacial score (nSPS) is 15.4. The van der Waals surface area contributed by atoms with E-state index in [1.165, 1.54) is 23.1 Å². The minimum atomic E-state index is -0.894. The number of hydrogen-bond acceptors (Lipinski definition) is 6. The number of rotatable bonds is 9. The van der Waals surface area contributed by atoms with E-state index in [-0.39, 0.29) is 23.7 Å². The molecule has 202 valence electrons. The summed E-state index contributed by atoms with van der Waals surface area (Å²) in [5.41, 5.74) is 3.37. The van der Waals surface area contributed by atoms with Crippen molar-refractivity contribution in [2.75, 3.05) is 20.1 Å². The molecule has 10 heteroatoms. The molecule has 1 aliphatic heterocycles. The Labute approximate surface area is 222 Å². The van der Waals surface area contributed by atoms with Gasteiger partial charge in [0.25, 0.3) is 11.6 Å². The number of carbonyl (C=O) groups excluding carboxylic acids is 3. The van der Waals surface area contributed by atoms with Gasteiger partial charge in [-0.25, -0.2) is 9.59 Å². The molecule has 0 aliphatic carbocycles. The topological polar surface area (TPSA) is 122 Å². The molecule has 0 spiro atoms. The van der Waals surface area contributed by atoms with E-state index in [9.17, 15) is 24.5 Å². The molecule has 0 fully saturated rings. The molecule has 0 bridgehead atoms. The van der Waals surface area contributed by atoms with Gasteiger partial charge in [0.2, 0.25) is 0 Å². The fourth-order valence-electron chi connectivity index (χ4n) is 4.47. The summed E-state index contributed by atoms with van der Waals surface area (Å²) in [6.45, 7) is 9.45. The molecule has 2 aromatic rings. The second-order valence-corrected chi connectivity index (χ2v) is 9.70. The molecule has 1 N–H and O–H groups in total. The molecule has 1 heterocycles. The molecule has 2 aromatic carbocycles. The number of amides is 3. The first-order valence-electron chi connectivity index (χ1n) is 12.5. The van der Waals surface area contributed by atoms with Gasteiger partial charge < -0.3 is 19.9 Å². The van der Waals surface area contributed by atoms with Crippen LogP contribution in [0, 0.1) is 24.0 Å². The van der Waals surface area contributed by atoms with Crippen molar-refractivity contribution in [3.8, 4) is 0 Å². The Hall–Kier alpha value is -4.21. The highest BCUT2D eigenvalue weighted by Gasteiger charge is 2.39. The summed E-state index contributed by atoms with van der Waals surface area (Å²) in [4.78, 5) is 53.3. The number of non-ortho nitro benzene ring substituents is 1. The van der Waals surface area contributed by atoms with E-state index in [1.54, 1.807) is 44.9 Å². The molecule has 0 radical (unpaired) electrons. The Morgan fingerprint density at radius 1 is 1.16 bits per heavy atom. The van der Waals surface area contributed by atoms with Gasteiger partial charge in [-0.3, -0.25) is 14.9 Å². The number of allylic oxidation sites excluding steroid dienone is 1. The van der Waals surface area contributed by atoms with E-state index in [4.69, 9.17) is 4.74 Å². The Morgan fingerprint density at radius 3 is 2.50 bits per heavy atom. The lowest BCUT2D eigenvalue weighted by Crippen LogP contribution is -2.49. The third-order valence-corrected chi connectivity index (χ3v) is 6.58. The van der Waals surface area contributed by atoms with Gasteiger partial charge >= 0.3 is 12.0 Å². The number of benzene rings is 2. The molecule has 3 amide bonds. The van der Waals surface area contributed by atoms with E-state index in [2.05, 4.69) is 5.32 Å². The van der Waals surface area contributed by atoms with Crippen LogP contribution in [-0.2, 0) is 9.53 Å². The first-order chi connectivity index (χ1) is 17.9. The van der Waals surface area contributed by atoms with Crippen molar-refractivity contribution in [1.29, 1.82) is 0 Å². The molecule has 1 atom stereocenters. The lowest BCUT2D eigenvalue weighted by atomic mass is 9.93. The van der Waals surface area contributed by atoms with Gasteiger partial charge in [-0.05, 0) is 63.8 Å². The Bertz CT molecular complexity index is 1290. The lowest BCUT2D eigenvalue weighted by Gasteiger charge is -2.38. The zero-order valence-corrected chi connectivity index (χ0v) is 22.6. The highest BCUT2D eigenvalue weighted by molar-refractivity contribution is 5.96. The van der Waals surface area contributed by atoms with Crippen LogP contribution in [0.25, 0.3) is 0 Å². The largest absolute Gasteiger partial charge is 0.459 e. The van der Waals surface area contributed by atoms with Gasteiger partial charge in [0, 0.05) is 43.5 Å². The maximum atomic E-state index is 13.1. The number of urea groups is 1. The number of carbonyl (C=O) groups is 3. The number of hydrogen-bond donors (Lipinski definition) is 1. The molecular weight excluding hydrogens is 488 g/mol. The van der Waals surface area contributed by atoms with Gasteiger partial charge in [-0.1, -0.05) is 24.3 Å². The van der Waals surface area contributed by atoms with Crippen LogP contribution in [0.2, 0.25) is 0 Å². The summed E-state index contributed by atoms with van der Waals surface area (Å²) >= 11 is 0. The second-order valence-electron chi connectivity index (χ2n) is 9.70. The first-order valence-corrected chi connectivity index (χ1v) is 12.5. The molecule has 0 saturated heterocycles. The average molecular weight is 523 g/mol. The minimum absolute atomic E-state index is 0.124. The number of nitrogens with one attached hydrogen (secondary N) is 1. The summed E-state index contributed by atoms with van der Waals surface area (Å²) in [7, 11) is 1.70. The van der Waals surface area contributed by atoms with Crippen LogP contribution in [0.4, 0.5) is 10.5 Å². The van der Waals surface area contributed by atoms with Crippen molar-refractivity contribution in [2.24, 2.45) is 0 Å². The maximum Gasteiger partial charge on any atom is 0.338 e. The highest BCUT2D eigenvalue weighted by Crippen LogP contribution is 2.36. The number of esters is 1. The highest BCUT2D eigenvalue weighted by atomic mass is 16.6. The molecule has 10 nitrogen and oxygen atoms in total. The van der Waals surface area contributed by atoms with Crippen LogP contribution in [-0.4, -0.2) is 58.9 Å². The van der Waals surface area contributed by atoms with Crippen molar-refractivity contribution in [3.63, 3.8) is 0 Å². The van der Waals surface area contributed by atoms with Gasteiger partial charge in [-0.2, -0.15) is 0 Å². The van der Waals surface area contributed by atoms with Crippen molar-refractivity contribution < 1.29 is 24.0 Å². The summed E-state index contributed by atoms with van der Waals surface area (Å²) in [6, 6.07) is 10.1. The van der Waals surface area contributed by atoms with E-state index in [0.717, 1.165) is 11.1 Å². The van der Waals surface area contributed by atoms with Crippen LogP contribution in [0.3, 0.4) is 0 Å². The Morgan fingerprint density at radius 2 is 1.84 bits per heavy atom. The van der Waals surface area contributed by atoms with Crippen LogP contribution in [0.5, 0.6) is 0 Å². The summed E-state index contributed by atoms with van der Waals surface area (Å²) in [5.74, 6) is -0.734. The molecule has 0 saturated carbocycles. The van der Waals surface area contributed by atoms with Crippen LogP contribution in [0.15, 0.2) is 53.7 Å². The molecular formula is C28H34N4O6. The van der Waals surface area contributed by atoms with E-state index in [0.29, 0.717) is 29.8 Å². The molecule has 0 aromatic heterocycles. The molecule has 38 heavy (non-hydrogen) atoms. The number of ether oxygens (including phenoxy) is 1. The van der Waals surface area contributed by atoms with Gasteiger partial charge in [-0.15, -0.1) is 0 Å². The monoisotopic (exact) mass is 522 g/mol. The van der Waals surface area contributed by atoms with Crippen LogP contribution >= 0.6 is 0 Å². The number of aryl methyl sites for hydroxylation is 1.